The zero-order valence-electron chi connectivity index (χ0n) is 20.6. The highest BCUT2D eigenvalue weighted by atomic mass is 19.1. The molecule has 37 heavy (non-hydrogen) atoms. The van der Waals surface area contributed by atoms with Crippen LogP contribution in [0.1, 0.15) is 62.3 Å². The highest BCUT2D eigenvalue weighted by molar-refractivity contribution is 6.11. The molecule has 1 aliphatic rings. The number of nitrogens with one attached hydrogen (secondary N) is 2. The highest BCUT2D eigenvalue weighted by Crippen LogP contribution is 2.31. The monoisotopic (exact) mass is 505 g/mol. The number of rotatable bonds is 8. The maximum Gasteiger partial charge on any atom is 0.251 e. The Labute approximate surface area is 214 Å². The van der Waals surface area contributed by atoms with Crippen molar-refractivity contribution in [2.75, 3.05) is 14.2 Å². The first-order valence-corrected chi connectivity index (χ1v) is 12.0. The number of halogens is 1. The Kier molecular flexibility index (Phi) is 8.12. The summed E-state index contributed by atoms with van der Waals surface area (Å²) in [6.45, 7) is 0. The summed E-state index contributed by atoms with van der Waals surface area (Å²) < 4.78 is 25.0. The molecule has 1 aromatic heterocycles. The van der Waals surface area contributed by atoms with E-state index in [1.807, 2.05) is 0 Å². The van der Waals surface area contributed by atoms with Crippen molar-refractivity contribution in [3.05, 3.63) is 89.0 Å². The van der Waals surface area contributed by atoms with E-state index in [2.05, 4.69) is 15.6 Å². The SMILES string of the molecule is COc1ccc(OC)c(C(=O)c2ccc(C(=O)N[C@@H]3CCCC[C@H]3NC(=O)c3ccncc3)cc2)c1F. The topological polar surface area (TPSA) is 107 Å². The van der Waals surface area contributed by atoms with Gasteiger partial charge in [-0.2, -0.15) is 0 Å². The molecule has 1 aliphatic carbocycles. The van der Waals surface area contributed by atoms with Gasteiger partial charge in [-0.1, -0.05) is 25.0 Å². The summed E-state index contributed by atoms with van der Waals surface area (Å²) in [5.41, 5.74) is 0.811. The lowest BCUT2D eigenvalue weighted by molar-refractivity contribution is 0.0862. The van der Waals surface area contributed by atoms with Crippen molar-refractivity contribution in [3.8, 4) is 11.5 Å². The first-order valence-electron chi connectivity index (χ1n) is 12.0. The number of benzene rings is 2. The van der Waals surface area contributed by atoms with E-state index in [4.69, 9.17) is 9.47 Å². The molecule has 0 radical (unpaired) electrons. The third-order valence-electron chi connectivity index (χ3n) is 6.49. The molecule has 0 aliphatic heterocycles. The van der Waals surface area contributed by atoms with Crippen LogP contribution in [-0.4, -0.2) is 48.9 Å². The quantitative estimate of drug-likeness (QED) is 0.449. The van der Waals surface area contributed by atoms with Gasteiger partial charge in [-0.05, 0) is 49.2 Å². The van der Waals surface area contributed by atoms with Crippen LogP contribution >= 0.6 is 0 Å². The van der Waals surface area contributed by atoms with Crippen molar-refractivity contribution in [3.63, 3.8) is 0 Å². The number of aromatic nitrogens is 1. The molecule has 192 valence electrons. The van der Waals surface area contributed by atoms with Crippen LogP contribution in [0.25, 0.3) is 0 Å². The van der Waals surface area contributed by atoms with Gasteiger partial charge in [0.05, 0.1) is 14.2 Å². The average molecular weight is 506 g/mol. The zero-order chi connectivity index (χ0) is 26.4. The summed E-state index contributed by atoms with van der Waals surface area (Å²) in [7, 11) is 2.66. The summed E-state index contributed by atoms with van der Waals surface area (Å²) in [6.07, 6.45) is 6.49. The van der Waals surface area contributed by atoms with Crippen LogP contribution in [0.3, 0.4) is 0 Å². The Morgan fingerprint density at radius 3 is 1.78 bits per heavy atom. The van der Waals surface area contributed by atoms with Gasteiger partial charge in [-0.3, -0.25) is 19.4 Å². The lowest BCUT2D eigenvalue weighted by atomic mass is 9.89. The minimum Gasteiger partial charge on any atom is -0.496 e. The van der Waals surface area contributed by atoms with Crippen LogP contribution in [0.5, 0.6) is 11.5 Å². The van der Waals surface area contributed by atoms with Crippen molar-refractivity contribution in [2.24, 2.45) is 0 Å². The predicted molar refractivity (Wildman–Crippen MR) is 135 cm³/mol. The normalized spacial score (nSPS) is 16.9. The van der Waals surface area contributed by atoms with Crippen molar-refractivity contribution in [2.45, 2.75) is 37.8 Å². The summed E-state index contributed by atoms with van der Waals surface area (Å²) in [4.78, 5) is 42.6. The van der Waals surface area contributed by atoms with Crippen LogP contribution in [-0.2, 0) is 0 Å². The number of ketones is 1. The number of hydrogen-bond acceptors (Lipinski definition) is 6. The number of methoxy groups -OCH3 is 2. The third kappa shape index (κ3) is 5.77. The second-order valence-electron chi connectivity index (χ2n) is 8.75. The standard InChI is InChI=1S/C28H28FN3O5/c1-36-22-11-12-23(37-2)25(29)24(22)26(33)17-7-9-18(10-8-17)27(34)31-20-5-3-4-6-21(20)32-28(35)19-13-15-30-16-14-19/h7-16,20-21H,3-6H2,1-2H3,(H,31,34)(H,32,35)/t20-,21-/m1/s1. The molecule has 3 aromatic rings. The second-order valence-corrected chi connectivity index (χ2v) is 8.75. The lowest BCUT2D eigenvalue weighted by Crippen LogP contribution is -2.53. The molecular weight excluding hydrogens is 477 g/mol. The smallest absolute Gasteiger partial charge is 0.251 e. The number of pyridine rings is 1. The second kappa shape index (κ2) is 11.6. The van der Waals surface area contributed by atoms with E-state index in [0.29, 0.717) is 11.1 Å². The van der Waals surface area contributed by atoms with Gasteiger partial charge >= 0.3 is 0 Å². The lowest BCUT2D eigenvalue weighted by Gasteiger charge is -2.32. The summed E-state index contributed by atoms with van der Waals surface area (Å²) in [5, 5.41) is 6.04. The molecule has 0 unspecified atom stereocenters. The van der Waals surface area contributed by atoms with Gasteiger partial charge in [0, 0.05) is 41.2 Å². The van der Waals surface area contributed by atoms with E-state index in [-0.39, 0.29) is 46.5 Å². The van der Waals surface area contributed by atoms with Crippen molar-refractivity contribution in [1.82, 2.24) is 15.6 Å². The molecule has 0 spiro atoms. The molecule has 2 amide bonds. The Morgan fingerprint density at radius 1 is 0.757 bits per heavy atom. The number of carbonyl (C=O) groups is 3. The number of nitrogens with zero attached hydrogens (tertiary/aromatic N) is 1. The fourth-order valence-corrected chi connectivity index (χ4v) is 4.48. The van der Waals surface area contributed by atoms with Crippen LogP contribution in [0.4, 0.5) is 4.39 Å². The Hall–Kier alpha value is -4.27. The van der Waals surface area contributed by atoms with Crippen molar-refractivity contribution >= 4 is 17.6 Å². The van der Waals surface area contributed by atoms with Gasteiger partial charge in [0.1, 0.15) is 11.3 Å². The number of carbonyl (C=O) groups excluding carboxylic acids is 3. The summed E-state index contributed by atoms with van der Waals surface area (Å²) >= 11 is 0. The Morgan fingerprint density at radius 2 is 1.24 bits per heavy atom. The molecule has 9 heteroatoms. The maximum atomic E-state index is 14.8. The van der Waals surface area contributed by atoms with Gasteiger partial charge in [-0.25, -0.2) is 4.39 Å². The molecule has 2 aromatic carbocycles. The Balaban J connectivity index is 1.46. The van der Waals surface area contributed by atoms with E-state index in [0.717, 1.165) is 25.7 Å². The molecule has 1 heterocycles. The van der Waals surface area contributed by atoms with Gasteiger partial charge < -0.3 is 20.1 Å². The Bertz CT molecular complexity index is 1280. The molecule has 8 nitrogen and oxygen atoms in total. The van der Waals surface area contributed by atoms with Gasteiger partial charge in [0.15, 0.2) is 17.3 Å². The molecule has 2 atom stereocenters. The van der Waals surface area contributed by atoms with Crippen LogP contribution in [0.15, 0.2) is 60.9 Å². The number of hydrogen-bond donors (Lipinski definition) is 2. The predicted octanol–water partition coefficient (Wildman–Crippen LogP) is 3.94. The first-order chi connectivity index (χ1) is 17.9. The van der Waals surface area contributed by atoms with E-state index in [1.54, 1.807) is 24.5 Å². The number of ether oxygens (including phenoxy) is 2. The van der Waals surface area contributed by atoms with Crippen LogP contribution in [0.2, 0.25) is 0 Å². The van der Waals surface area contributed by atoms with E-state index >= 15 is 0 Å². The molecule has 0 saturated heterocycles. The zero-order valence-corrected chi connectivity index (χ0v) is 20.6. The molecule has 2 N–H and O–H groups in total. The molecule has 1 saturated carbocycles. The summed E-state index contributed by atoms with van der Waals surface area (Å²) in [6, 6.07) is 11.7. The molecular formula is C28H28FN3O5. The number of amides is 2. The van der Waals surface area contributed by atoms with Crippen molar-refractivity contribution in [1.29, 1.82) is 0 Å². The van der Waals surface area contributed by atoms with E-state index < -0.39 is 11.6 Å². The molecule has 4 rings (SSSR count). The van der Waals surface area contributed by atoms with Crippen LogP contribution in [0, 0.1) is 5.82 Å². The van der Waals surface area contributed by atoms with E-state index in [9.17, 15) is 18.8 Å². The van der Waals surface area contributed by atoms with Gasteiger partial charge in [0.25, 0.3) is 11.8 Å². The minimum absolute atomic E-state index is 0.0711. The van der Waals surface area contributed by atoms with E-state index in [1.165, 1.54) is 50.6 Å². The largest absolute Gasteiger partial charge is 0.496 e. The molecule has 0 bridgehead atoms. The maximum absolute atomic E-state index is 14.8. The average Bonchev–Trinajstić information content (AvgIpc) is 2.94. The van der Waals surface area contributed by atoms with Crippen molar-refractivity contribution < 1.29 is 28.2 Å². The third-order valence-corrected chi connectivity index (χ3v) is 6.49. The fraction of sp³-hybridized carbons (Fsp3) is 0.286. The van der Waals surface area contributed by atoms with Crippen LogP contribution < -0.4 is 20.1 Å². The van der Waals surface area contributed by atoms with Gasteiger partial charge in [-0.15, -0.1) is 0 Å². The highest BCUT2D eigenvalue weighted by Gasteiger charge is 2.29. The minimum atomic E-state index is -0.814. The molecule has 1 fully saturated rings. The first kappa shape index (κ1) is 25.8. The summed E-state index contributed by atoms with van der Waals surface area (Å²) in [5.74, 6) is -1.92. The van der Waals surface area contributed by atoms with Gasteiger partial charge in [0.2, 0.25) is 0 Å². The fourth-order valence-electron chi connectivity index (χ4n) is 4.48.